The summed E-state index contributed by atoms with van der Waals surface area (Å²) in [5.41, 5.74) is 1.04. The molecular formula is C19H27N3O4S. The highest BCUT2D eigenvalue weighted by molar-refractivity contribution is 7.89. The molecule has 8 heteroatoms. The molecule has 27 heavy (non-hydrogen) atoms. The average Bonchev–Trinajstić information content (AvgIpc) is 3.07. The molecule has 0 bridgehead atoms. The van der Waals surface area contributed by atoms with Gasteiger partial charge in [-0.2, -0.15) is 4.31 Å². The Bertz CT molecular complexity index is 820. The molecule has 2 fully saturated rings. The van der Waals surface area contributed by atoms with E-state index in [4.69, 9.17) is 0 Å². The van der Waals surface area contributed by atoms with Crippen LogP contribution in [-0.4, -0.2) is 61.7 Å². The molecule has 1 N–H and O–H groups in total. The van der Waals surface area contributed by atoms with Crippen LogP contribution in [0.2, 0.25) is 0 Å². The second-order valence-corrected chi connectivity index (χ2v) is 10.1. The van der Waals surface area contributed by atoms with E-state index in [9.17, 15) is 18.0 Å². The molecule has 0 unspecified atom stereocenters. The first-order chi connectivity index (χ1) is 12.6. The van der Waals surface area contributed by atoms with Crippen molar-refractivity contribution in [3.63, 3.8) is 0 Å². The second-order valence-electron chi connectivity index (χ2n) is 8.16. The van der Waals surface area contributed by atoms with Crippen LogP contribution in [0.25, 0.3) is 0 Å². The number of benzene rings is 1. The van der Waals surface area contributed by atoms with Gasteiger partial charge in [0.1, 0.15) is 6.04 Å². The molecule has 2 amide bonds. The van der Waals surface area contributed by atoms with Gasteiger partial charge in [0.25, 0.3) is 0 Å². The molecule has 2 aliphatic rings. The lowest BCUT2D eigenvalue weighted by molar-refractivity contribution is -0.135. The fraction of sp³-hybridized carbons (Fsp3) is 0.579. The van der Waals surface area contributed by atoms with Gasteiger partial charge in [-0.1, -0.05) is 32.9 Å². The molecule has 0 aliphatic carbocycles. The standard InChI is InChI=1S/C19H27N3O4S/c1-19(2,3)14-4-6-15(7-5-14)27(25,26)22-12-10-21(11-13-22)18(24)16-8-9-17(23)20-16/h4-7,16H,8-13H2,1-3H3,(H,20,23)/t16-/m0/s1. The number of sulfonamides is 1. The molecule has 1 atom stereocenters. The SMILES string of the molecule is CC(C)(C)c1ccc(S(=O)(=O)N2CCN(C(=O)[C@@H]3CCC(=O)N3)CC2)cc1. The number of amides is 2. The molecule has 0 aromatic heterocycles. The van der Waals surface area contributed by atoms with Crippen molar-refractivity contribution in [1.82, 2.24) is 14.5 Å². The number of rotatable bonds is 3. The predicted octanol–water partition coefficient (Wildman–Crippen LogP) is 1.10. The van der Waals surface area contributed by atoms with E-state index in [1.165, 1.54) is 4.31 Å². The van der Waals surface area contributed by atoms with E-state index < -0.39 is 16.1 Å². The predicted molar refractivity (Wildman–Crippen MR) is 102 cm³/mol. The van der Waals surface area contributed by atoms with Gasteiger partial charge >= 0.3 is 0 Å². The van der Waals surface area contributed by atoms with Crippen LogP contribution < -0.4 is 5.32 Å². The number of piperazine rings is 1. The smallest absolute Gasteiger partial charge is 0.245 e. The molecule has 2 heterocycles. The summed E-state index contributed by atoms with van der Waals surface area (Å²) in [6.45, 7) is 7.44. The Morgan fingerprint density at radius 3 is 2.15 bits per heavy atom. The van der Waals surface area contributed by atoms with Crippen LogP contribution in [0.4, 0.5) is 0 Å². The minimum Gasteiger partial charge on any atom is -0.344 e. The maximum Gasteiger partial charge on any atom is 0.245 e. The third kappa shape index (κ3) is 4.16. The summed E-state index contributed by atoms with van der Waals surface area (Å²) in [6, 6.07) is 6.55. The summed E-state index contributed by atoms with van der Waals surface area (Å²) in [6.07, 6.45) is 0.881. The minimum absolute atomic E-state index is 0.0378. The fourth-order valence-electron chi connectivity index (χ4n) is 3.44. The van der Waals surface area contributed by atoms with Crippen molar-refractivity contribution in [3.8, 4) is 0 Å². The Morgan fingerprint density at radius 2 is 1.67 bits per heavy atom. The van der Waals surface area contributed by atoms with Crippen molar-refractivity contribution in [2.24, 2.45) is 0 Å². The van der Waals surface area contributed by atoms with E-state index in [1.54, 1.807) is 17.0 Å². The maximum atomic E-state index is 12.9. The van der Waals surface area contributed by atoms with Crippen LogP contribution in [0, 0.1) is 0 Å². The zero-order valence-corrected chi connectivity index (χ0v) is 16.9. The van der Waals surface area contributed by atoms with Crippen molar-refractivity contribution in [1.29, 1.82) is 0 Å². The van der Waals surface area contributed by atoms with Gasteiger partial charge in [0.15, 0.2) is 0 Å². The van der Waals surface area contributed by atoms with Crippen molar-refractivity contribution >= 4 is 21.8 Å². The van der Waals surface area contributed by atoms with Gasteiger partial charge in [-0.25, -0.2) is 8.42 Å². The van der Waals surface area contributed by atoms with E-state index in [0.29, 0.717) is 25.9 Å². The first-order valence-electron chi connectivity index (χ1n) is 9.28. The van der Waals surface area contributed by atoms with E-state index in [-0.39, 0.29) is 35.2 Å². The molecular weight excluding hydrogens is 366 g/mol. The minimum atomic E-state index is -3.58. The molecule has 2 aliphatic heterocycles. The Labute approximate surface area is 160 Å². The van der Waals surface area contributed by atoms with Gasteiger partial charge in [0.05, 0.1) is 4.90 Å². The van der Waals surface area contributed by atoms with Gasteiger partial charge < -0.3 is 10.2 Å². The van der Waals surface area contributed by atoms with Crippen LogP contribution in [0.3, 0.4) is 0 Å². The van der Waals surface area contributed by atoms with E-state index >= 15 is 0 Å². The highest BCUT2D eigenvalue weighted by Gasteiger charge is 2.35. The van der Waals surface area contributed by atoms with Crippen LogP contribution in [-0.2, 0) is 25.0 Å². The van der Waals surface area contributed by atoms with Gasteiger partial charge in [0, 0.05) is 32.6 Å². The van der Waals surface area contributed by atoms with E-state index in [1.807, 2.05) is 12.1 Å². The molecule has 3 rings (SSSR count). The quantitative estimate of drug-likeness (QED) is 0.833. The Morgan fingerprint density at radius 1 is 1.07 bits per heavy atom. The van der Waals surface area contributed by atoms with Gasteiger partial charge in [-0.15, -0.1) is 0 Å². The summed E-state index contributed by atoms with van der Waals surface area (Å²) < 4.78 is 27.2. The fourth-order valence-corrected chi connectivity index (χ4v) is 4.87. The highest BCUT2D eigenvalue weighted by Crippen LogP contribution is 2.25. The first kappa shape index (κ1) is 19.8. The van der Waals surface area contributed by atoms with E-state index in [2.05, 4.69) is 26.1 Å². The Hall–Kier alpha value is -1.93. The summed E-state index contributed by atoms with van der Waals surface area (Å²) in [7, 11) is -3.58. The second kappa shape index (κ2) is 7.24. The largest absolute Gasteiger partial charge is 0.344 e. The van der Waals surface area contributed by atoms with E-state index in [0.717, 1.165) is 5.56 Å². The normalized spacial score (nSPS) is 22.0. The molecule has 2 saturated heterocycles. The van der Waals surface area contributed by atoms with Gasteiger partial charge in [-0.05, 0) is 29.5 Å². The first-order valence-corrected chi connectivity index (χ1v) is 10.7. The Balaban J connectivity index is 1.64. The lowest BCUT2D eigenvalue weighted by atomic mass is 9.87. The topological polar surface area (TPSA) is 86.8 Å². The van der Waals surface area contributed by atoms with Gasteiger partial charge in [-0.3, -0.25) is 9.59 Å². The lowest BCUT2D eigenvalue weighted by Gasteiger charge is -2.35. The number of hydrogen-bond acceptors (Lipinski definition) is 4. The summed E-state index contributed by atoms with van der Waals surface area (Å²) >= 11 is 0. The number of carbonyl (C=O) groups excluding carboxylic acids is 2. The van der Waals surface area contributed by atoms with Crippen molar-refractivity contribution < 1.29 is 18.0 Å². The zero-order chi connectivity index (χ0) is 19.8. The third-order valence-electron chi connectivity index (χ3n) is 5.20. The summed E-state index contributed by atoms with van der Waals surface area (Å²) in [5, 5.41) is 2.67. The number of hydrogen-bond donors (Lipinski definition) is 1. The Kier molecular flexibility index (Phi) is 5.31. The third-order valence-corrected chi connectivity index (χ3v) is 7.11. The van der Waals surface area contributed by atoms with Crippen LogP contribution in [0.15, 0.2) is 29.2 Å². The summed E-state index contributed by atoms with van der Waals surface area (Å²) in [4.78, 5) is 25.7. The molecule has 0 radical (unpaired) electrons. The summed E-state index contributed by atoms with van der Waals surface area (Å²) in [5.74, 6) is -0.222. The number of nitrogens with zero attached hydrogens (tertiary/aromatic N) is 2. The lowest BCUT2D eigenvalue weighted by Crippen LogP contribution is -2.54. The number of carbonyl (C=O) groups is 2. The maximum absolute atomic E-state index is 12.9. The van der Waals surface area contributed by atoms with Gasteiger partial charge in [0.2, 0.25) is 21.8 Å². The zero-order valence-electron chi connectivity index (χ0n) is 16.1. The van der Waals surface area contributed by atoms with Crippen molar-refractivity contribution in [2.75, 3.05) is 26.2 Å². The van der Waals surface area contributed by atoms with Crippen LogP contribution >= 0.6 is 0 Å². The molecule has 148 valence electrons. The van der Waals surface area contributed by atoms with Crippen molar-refractivity contribution in [2.45, 2.75) is 50.0 Å². The molecule has 1 aromatic rings. The number of nitrogens with one attached hydrogen (secondary N) is 1. The molecule has 0 spiro atoms. The monoisotopic (exact) mass is 393 g/mol. The highest BCUT2D eigenvalue weighted by atomic mass is 32.2. The average molecular weight is 394 g/mol. The molecule has 7 nitrogen and oxygen atoms in total. The van der Waals surface area contributed by atoms with Crippen molar-refractivity contribution in [3.05, 3.63) is 29.8 Å². The molecule has 1 aromatic carbocycles. The molecule has 0 saturated carbocycles. The van der Waals surface area contributed by atoms with Crippen LogP contribution in [0.5, 0.6) is 0 Å². The van der Waals surface area contributed by atoms with Crippen LogP contribution in [0.1, 0.15) is 39.2 Å².